The van der Waals surface area contributed by atoms with E-state index in [2.05, 4.69) is 0 Å². The van der Waals surface area contributed by atoms with Gasteiger partial charge in [-0.05, 0) is 30.3 Å². The van der Waals surface area contributed by atoms with E-state index in [-0.39, 0.29) is 5.43 Å². The fourth-order valence-corrected chi connectivity index (χ4v) is 0.863. The maximum atomic E-state index is 10.9. The fraction of sp³-hybridized carbons (Fsp3) is 0.100. The van der Waals surface area contributed by atoms with Crippen molar-refractivity contribution in [1.29, 1.82) is 0 Å². The van der Waals surface area contributed by atoms with Crippen LogP contribution < -0.4 is 10.2 Å². The first-order chi connectivity index (χ1) is 6.33. The fourth-order valence-electron chi connectivity index (χ4n) is 0.790. The highest BCUT2D eigenvalue weighted by Gasteiger charge is 1.87. The van der Waals surface area contributed by atoms with Crippen LogP contribution in [0.3, 0.4) is 0 Å². The van der Waals surface area contributed by atoms with Crippen molar-refractivity contribution in [3.05, 3.63) is 52.2 Å². The van der Waals surface area contributed by atoms with E-state index in [1.54, 1.807) is 24.3 Å². The molecule has 0 spiro atoms. The van der Waals surface area contributed by atoms with E-state index < -0.39 is 0 Å². The summed E-state index contributed by atoms with van der Waals surface area (Å²) in [6, 6.07) is 7.94. The van der Waals surface area contributed by atoms with Gasteiger partial charge in [0.05, 0.1) is 0 Å². The van der Waals surface area contributed by atoms with Crippen molar-refractivity contribution >= 4 is 11.6 Å². The van der Waals surface area contributed by atoms with Gasteiger partial charge in [-0.25, -0.2) is 0 Å². The largest absolute Gasteiger partial charge is 0.490 e. The molecular formula is C10H9ClO2. The first kappa shape index (κ1) is 9.81. The van der Waals surface area contributed by atoms with Gasteiger partial charge in [-0.15, -0.1) is 0 Å². The summed E-state index contributed by atoms with van der Waals surface area (Å²) >= 11 is 5.31. The summed E-state index contributed by atoms with van der Waals surface area (Å²) in [5.41, 5.74) is 1.35. The number of hydrogen-bond donors (Lipinski definition) is 0. The Balaban J connectivity index is 2.69. The number of rotatable bonds is 3. The summed E-state index contributed by atoms with van der Waals surface area (Å²) < 4.78 is 5.25. The van der Waals surface area contributed by atoms with Crippen molar-refractivity contribution < 1.29 is 4.74 Å². The first-order valence-corrected chi connectivity index (χ1v) is 4.25. The Hall–Kier alpha value is -1.28. The highest BCUT2D eigenvalue weighted by molar-refractivity contribution is 6.25. The van der Waals surface area contributed by atoms with Crippen LogP contribution in [-0.2, 0) is 0 Å². The molecule has 0 fully saturated rings. The van der Waals surface area contributed by atoms with E-state index in [0.29, 0.717) is 12.4 Å². The molecule has 0 saturated heterocycles. The third-order valence-electron chi connectivity index (χ3n) is 1.37. The van der Waals surface area contributed by atoms with Gasteiger partial charge in [0.25, 0.3) is 0 Å². The lowest BCUT2D eigenvalue weighted by Crippen LogP contribution is -1.91. The van der Waals surface area contributed by atoms with Crippen LogP contribution in [0.1, 0.15) is 0 Å². The minimum absolute atomic E-state index is 0.0391. The zero-order valence-corrected chi connectivity index (χ0v) is 7.70. The minimum atomic E-state index is -0.0391. The molecule has 0 unspecified atom stereocenters. The lowest BCUT2D eigenvalue weighted by atomic mass is 10.5. The van der Waals surface area contributed by atoms with Gasteiger partial charge in [0, 0.05) is 5.54 Å². The molecule has 1 aromatic carbocycles. The highest BCUT2D eigenvalue weighted by Crippen LogP contribution is 2.05. The van der Waals surface area contributed by atoms with Crippen molar-refractivity contribution in [2.45, 2.75) is 0 Å². The van der Waals surface area contributed by atoms with E-state index in [1.165, 1.54) is 17.7 Å². The smallest absolute Gasteiger partial charge is 0.178 e. The van der Waals surface area contributed by atoms with Gasteiger partial charge in [-0.3, -0.25) is 4.79 Å². The Morgan fingerprint density at radius 2 is 2.15 bits per heavy atom. The maximum Gasteiger partial charge on any atom is 0.178 e. The number of hydrogen-bond acceptors (Lipinski definition) is 2. The van der Waals surface area contributed by atoms with E-state index in [9.17, 15) is 4.79 Å². The van der Waals surface area contributed by atoms with Gasteiger partial charge in [-0.1, -0.05) is 17.7 Å². The average Bonchev–Trinajstić information content (AvgIpc) is 2.32. The molecule has 0 aliphatic heterocycles. The Morgan fingerprint density at radius 1 is 1.31 bits per heavy atom. The molecule has 0 radical (unpaired) electrons. The summed E-state index contributed by atoms with van der Waals surface area (Å²) in [4.78, 5) is 10.9. The van der Waals surface area contributed by atoms with Crippen LogP contribution in [0, 0.1) is 0 Å². The molecule has 0 heterocycles. The van der Waals surface area contributed by atoms with Crippen LogP contribution in [0.4, 0.5) is 0 Å². The van der Waals surface area contributed by atoms with E-state index >= 15 is 0 Å². The molecule has 2 nitrogen and oxygen atoms in total. The van der Waals surface area contributed by atoms with Crippen molar-refractivity contribution in [3.8, 4) is 5.75 Å². The van der Waals surface area contributed by atoms with Gasteiger partial charge in [0.1, 0.15) is 12.4 Å². The summed E-state index contributed by atoms with van der Waals surface area (Å²) in [7, 11) is 0. The molecule has 0 bridgehead atoms. The van der Waals surface area contributed by atoms with Gasteiger partial charge < -0.3 is 4.74 Å². The molecule has 1 aromatic rings. The topological polar surface area (TPSA) is 26.3 Å². The van der Waals surface area contributed by atoms with E-state index in [4.69, 9.17) is 16.3 Å². The van der Waals surface area contributed by atoms with Crippen LogP contribution in [0.25, 0.3) is 0 Å². The van der Waals surface area contributed by atoms with Crippen LogP contribution in [0.2, 0.25) is 0 Å². The zero-order chi connectivity index (χ0) is 9.52. The molecule has 0 saturated carbocycles. The van der Waals surface area contributed by atoms with Crippen LogP contribution in [0.15, 0.2) is 46.7 Å². The van der Waals surface area contributed by atoms with Crippen LogP contribution in [-0.4, -0.2) is 6.61 Å². The molecule has 0 aromatic heterocycles. The standard InChI is InChI=1S/C10H9ClO2/c11-7-2-8-13-10-4-1-3-9(12)5-6-10/h1-7H,8H2/b7-2-. The predicted octanol–water partition coefficient (Wildman–Crippen LogP) is 2.18. The van der Waals surface area contributed by atoms with E-state index in [1.807, 2.05) is 0 Å². The average molecular weight is 197 g/mol. The first-order valence-electron chi connectivity index (χ1n) is 3.81. The molecule has 0 N–H and O–H groups in total. The predicted molar refractivity (Wildman–Crippen MR) is 53.2 cm³/mol. The number of ether oxygens (including phenoxy) is 1. The molecule has 0 aliphatic rings. The summed E-state index contributed by atoms with van der Waals surface area (Å²) in [6.45, 7) is 0.404. The summed E-state index contributed by atoms with van der Waals surface area (Å²) in [5, 5.41) is 0. The summed E-state index contributed by atoms with van der Waals surface area (Å²) in [6.07, 6.45) is 1.67. The van der Waals surface area contributed by atoms with Crippen molar-refractivity contribution in [2.24, 2.45) is 0 Å². The SMILES string of the molecule is O=c1cccc(OC/C=C\Cl)cc1. The molecular weight excluding hydrogens is 188 g/mol. The molecule has 13 heavy (non-hydrogen) atoms. The monoisotopic (exact) mass is 196 g/mol. The second-order valence-corrected chi connectivity index (χ2v) is 2.59. The summed E-state index contributed by atoms with van der Waals surface area (Å²) in [5.74, 6) is 0.650. The lowest BCUT2D eigenvalue weighted by molar-refractivity contribution is 0.363. The van der Waals surface area contributed by atoms with Crippen molar-refractivity contribution in [2.75, 3.05) is 6.61 Å². The molecule has 68 valence electrons. The van der Waals surface area contributed by atoms with Gasteiger partial charge in [0.15, 0.2) is 5.43 Å². The van der Waals surface area contributed by atoms with Gasteiger partial charge in [0.2, 0.25) is 0 Å². The normalized spacial score (nSPS) is 10.2. The third-order valence-corrected chi connectivity index (χ3v) is 1.55. The lowest BCUT2D eigenvalue weighted by Gasteiger charge is -1.98. The van der Waals surface area contributed by atoms with E-state index in [0.717, 1.165) is 0 Å². The van der Waals surface area contributed by atoms with Gasteiger partial charge in [-0.2, -0.15) is 0 Å². The third kappa shape index (κ3) is 3.76. The van der Waals surface area contributed by atoms with Crippen molar-refractivity contribution in [3.63, 3.8) is 0 Å². The Morgan fingerprint density at radius 3 is 2.92 bits per heavy atom. The Kier molecular flexibility index (Phi) is 4.06. The van der Waals surface area contributed by atoms with Gasteiger partial charge >= 0.3 is 0 Å². The minimum Gasteiger partial charge on any atom is -0.490 e. The Bertz CT molecular complexity index is 347. The molecule has 0 aliphatic carbocycles. The Labute approximate surface area is 81.4 Å². The second kappa shape index (κ2) is 5.38. The molecule has 0 amide bonds. The zero-order valence-electron chi connectivity index (χ0n) is 6.94. The van der Waals surface area contributed by atoms with Crippen molar-refractivity contribution in [1.82, 2.24) is 0 Å². The number of halogens is 1. The quantitative estimate of drug-likeness (QED) is 0.741. The molecule has 3 heteroatoms. The molecule has 0 atom stereocenters. The second-order valence-electron chi connectivity index (χ2n) is 2.34. The van der Waals surface area contributed by atoms with Crippen LogP contribution in [0.5, 0.6) is 5.75 Å². The maximum absolute atomic E-state index is 10.9. The van der Waals surface area contributed by atoms with Crippen LogP contribution >= 0.6 is 11.6 Å². The highest BCUT2D eigenvalue weighted by atomic mass is 35.5. The molecule has 1 rings (SSSR count).